The number of carbonyl (C=O) groups excluding carboxylic acids is 1. The summed E-state index contributed by atoms with van der Waals surface area (Å²) in [6.07, 6.45) is 8.02. The maximum absolute atomic E-state index is 12.9. The van der Waals surface area contributed by atoms with Gasteiger partial charge in [0.15, 0.2) is 0 Å². The van der Waals surface area contributed by atoms with Gasteiger partial charge in [-0.15, -0.1) is 10.2 Å². The van der Waals surface area contributed by atoms with E-state index in [1.54, 1.807) is 0 Å². The summed E-state index contributed by atoms with van der Waals surface area (Å²) in [7, 11) is 0. The fourth-order valence-electron chi connectivity index (χ4n) is 4.65. The largest absolute Gasteiger partial charge is 0.341 e. The molecule has 1 aromatic carbocycles. The van der Waals surface area contributed by atoms with Gasteiger partial charge in [0.05, 0.1) is 0 Å². The molecule has 1 spiro atoms. The van der Waals surface area contributed by atoms with Crippen LogP contribution >= 0.6 is 0 Å². The van der Waals surface area contributed by atoms with Crippen LogP contribution in [0.3, 0.4) is 0 Å². The molecule has 1 saturated carbocycles. The predicted octanol–water partition coefficient (Wildman–Crippen LogP) is 3.42. The first-order chi connectivity index (χ1) is 12.7. The molecule has 2 aromatic rings. The van der Waals surface area contributed by atoms with Crippen LogP contribution in [0, 0.1) is 5.41 Å². The second kappa shape index (κ2) is 7.22. The Kier molecular flexibility index (Phi) is 4.79. The first kappa shape index (κ1) is 17.3. The molecule has 1 amide bonds. The summed E-state index contributed by atoms with van der Waals surface area (Å²) in [6.45, 7) is 4.83. The fourth-order valence-corrected chi connectivity index (χ4v) is 4.65. The van der Waals surface area contributed by atoms with Crippen molar-refractivity contribution in [3.8, 4) is 0 Å². The standard InChI is InChI=1S/C21H28N4O/c1-2-13-24-16-22-23-20(24)18-14-25(15-21(18)11-6-12-21)19(26)10-9-17-7-4-3-5-8-17/h3-5,7-8,16,18H,2,6,9-15H2,1H3. The van der Waals surface area contributed by atoms with E-state index >= 15 is 0 Å². The first-order valence-electron chi connectivity index (χ1n) is 9.91. The highest BCUT2D eigenvalue weighted by Crippen LogP contribution is 2.55. The number of likely N-dealkylation sites (tertiary alicyclic amines) is 1. The molecule has 138 valence electrons. The van der Waals surface area contributed by atoms with E-state index in [9.17, 15) is 4.79 Å². The minimum atomic E-state index is 0.237. The van der Waals surface area contributed by atoms with Crippen LogP contribution in [0.4, 0.5) is 0 Å². The monoisotopic (exact) mass is 352 g/mol. The Labute approximate surface area is 155 Å². The quantitative estimate of drug-likeness (QED) is 0.800. The molecule has 0 bridgehead atoms. The molecule has 5 heteroatoms. The van der Waals surface area contributed by atoms with Gasteiger partial charge >= 0.3 is 0 Å². The van der Waals surface area contributed by atoms with E-state index in [2.05, 4.69) is 38.7 Å². The summed E-state index contributed by atoms with van der Waals surface area (Å²) >= 11 is 0. The number of hydrogen-bond donors (Lipinski definition) is 0. The fraction of sp³-hybridized carbons (Fsp3) is 0.571. The SMILES string of the molecule is CCCn1cnnc1C1CN(C(=O)CCc2ccccc2)CC12CCC2. The van der Waals surface area contributed by atoms with Crippen molar-refractivity contribution >= 4 is 5.91 Å². The molecule has 1 atom stereocenters. The molecule has 5 nitrogen and oxygen atoms in total. The number of aryl methyl sites for hydroxylation is 2. The number of carbonyl (C=O) groups is 1. The predicted molar refractivity (Wildman–Crippen MR) is 101 cm³/mol. The Morgan fingerprint density at radius 3 is 2.77 bits per heavy atom. The molecule has 4 rings (SSSR count). The molecule has 1 saturated heterocycles. The van der Waals surface area contributed by atoms with Gasteiger partial charge in [0.1, 0.15) is 12.2 Å². The average Bonchev–Trinajstić information content (AvgIpc) is 3.25. The molecular formula is C21H28N4O. The number of hydrogen-bond acceptors (Lipinski definition) is 3. The van der Waals surface area contributed by atoms with Crippen LogP contribution in [0.2, 0.25) is 0 Å². The van der Waals surface area contributed by atoms with Crippen LogP contribution in [-0.2, 0) is 17.8 Å². The van der Waals surface area contributed by atoms with Gasteiger partial charge in [-0.3, -0.25) is 4.79 Å². The summed E-state index contributed by atoms with van der Waals surface area (Å²) in [6, 6.07) is 10.3. The van der Waals surface area contributed by atoms with E-state index in [1.807, 2.05) is 24.5 Å². The third kappa shape index (κ3) is 3.15. The smallest absolute Gasteiger partial charge is 0.222 e. The second-order valence-corrected chi connectivity index (χ2v) is 7.91. The van der Waals surface area contributed by atoms with Gasteiger partial charge in [-0.1, -0.05) is 43.7 Å². The van der Waals surface area contributed by atoms with Gasteiger partial charge in [-0.05, 0) is 36.7 Å². The van der Waals surface area contributed by atoms with E-state index < -0.39 is 0 Å². The number of benzene rings is 1. The third-order valence-electron chi connectivity index (χ3n) is 6.24. The molecule has 1 aromatic heterocycles. The topological polar surface area (TPSA) is 51.0 Å². The van der Waals surface area contributed by atoms with E-state index in [-0.39, 0.29) is 11.3 Å². The molecule has 0 N–H and O–H groups in total. The molecular weight excluding hydrogens is 324 g/mol. The minimum Gasteiger partial charge on any atom is -0.341 e. The molecule has 0 radical (unpaired) electrons. The lowest BCUT2D eigenvalue weighted by atomic mass is 9.62. The number of aromatic nitrogens is 3. The second-order valence-electron chi connectivity index (χ2n) is 7.91. The summed E-state index contributed by atoms with van der Waals surface area (Å²) < 4.78 is 2.20. The molecule has 2 heterocycles. The Hall–Kier alpha value is -2.17. The molecule has 1 aliphatic heterocycles. The van der Waals surface area contributed by atoms with E-state index in [0.717, 1.165) is 38.3 Å². The Balaban J connectivity index is 1.46. The summed E-state index contributed by atoms with van der Waals surface area (Å²) in [5, 5.41) is 8.62. The molecule has 1 aliphatic carbocycles. The van der Waals surface area contributed by atoms with Crippen molar-refractivity contribution < 1.29 is 4.79 Å². The van der Waals surface area contributed by atoms with Crippen molar-refractivity contribution in [1.82, 2.24) is 19.7 Å². The van der Waals surface area contributed by atoms with Crippen molar-refractivity contribution in [2.45, 2.75) is 57.9 Å². The third-order valence-corrected chi connectivity index (χ3v) is 6.24. The zero-order valence-electron chi connectivity index (χ0n) is 15.6. The van der Waals surface area contributed by atoms with Gasteiger partial charge in [-0.25, -0.2) is 0 Å². The van der Waals surface area contributed by atoms with Crippen LogP contribution in [0.5, 0.6) is 0 Å². The summed E-state index contributed by atoms with van der Waals surface area (Å²) in [5.41, 5.74) is 1.47. The number of amides is 1. The lowest BCUT2D eigenvalue weighted by Crippen LogP contribution is -2.38. The van der Waals surface area contributed by atoms with Crippen molar-refractivity contribution in [3.63, 3.8) is 0 Å². The lowest BCUT2D eigenvalue weighted by molar-refractivity contribution is -0.130. The zero-order valence-corrected chi connectivity index (χ0v) is 15.6. The van der Waals surface area contributed by atoms with Crippen LogP contribution < -0.4 is 0 Å². The Morgan fingerprint density at radius 2 is 2.08 bits per heavy atom. The molecule has 2 aliphatic rings. The maximum Gasteiger partial charge on any atom is 0.222 e. The first-order valence-corrected chi connectivity index (χ1v) is 9.91. The summed E-state index contributed by atoms with van der Waals surface area (Å²) in [4.78, 5) is 15.0. The van der Waals surface area contributed by atoms with Gasteiger partial charge in [-0.2, -0.15) is 0 Å². The van der Waals surface area contributed by atoms with Gasteiger partial charge in [0.25, 0.3) is 0 Å². The molecule has 26 heavy (non-hydrogen) atoms. The summed E-state index contributed by atoms with van der Waals surface area (Å²) in [5.74, 6) is 1.71. The molecule has 2 fully saturated rings. The van der Waals surface area contributed by atoms with Gasteiger partial charge in [0, 0.05) is 32.0 Å². The van der Waals surface area contributed by atoms with Gasteiger partial charge in [0.2, 0.25) is 5.91 Å². The van der Waals surface area contributed by atoms with Crippen LogP contribution in [-0.4, -0.2) is 38.7 Å². The molecule has 1 unspecified atom stereocenters. The normalized spacial score (nSPS) is 21.1. The highest BCUT2D eigenvalue weighted by molar-refractivity contribution is 5.77. The van der Waals surface area contributed by atoms with Crippen LogP contribution in [0.15, 0.2) is 36.7 Å². The van der Waals surface area contributed by atoms with Crippen LogP contribution in [0.25, 0.3) is 0 Å². The zero-order chi connectivity index (χ0) is 18.0. The van der Waals surface area contributed by atoms with Gasteiger partial charge < -0.3 is 9.47 Å². The average molecular weight is 352 g/mol. The minimum absolute atomic E-state index is 0.237. The van der Waals surface area contributed by atoms with E-state index in [0.29, 0.717) is 12.3 Å². The van der Waals surface area contributed by atoms with E-state index in [1.165, 1.54) is 24.8 Å². The van der Waals surface area contributed by atoms with Crippen molar-refractivity contribution in [3.05, 3.63) is 48.0 Å². The Bertz CT molecular complexity index is 750. The highest BCUT2D eigenvalue weighted by atomic mass is 16.2. The lowest BCUT2D eigenvalue weighted by Gasteiger charge is -2.42. The Morgan fingerprint density at radius 1 is 1.27 bits per heavy atom. The number of rotatable bonds is 6. The van der Waals surface area contributed by atoms with Crippen molar-refractivity contribution in [2.24, 2.45) is 5.41 Å². The van der Waals surface area contributed by atoms with Crippen molar-refractivity contribution in [1.29, 1.82) is 0 Å². The van der Waals surface area contributed by atoms with E-state index in [4.69, 9.17) is 0 Å². The highest BCUT2D eigenvalue weighted by Gasteiger charge is 2.53. The van der Waals surface area contributed by atoms with Crippen molar-refractivity contribution in [2.75, 3.05) is 13.1 Å². The van der Waals surface area contributed by atoms with Crippen LogP contribution in [0.1, 0.15) is 56.3 Å². The number of nitrogens with zero attached hydrogens (tertiary/aromatic N) is 4. The maximum atomic E-state index is 12.9.